The van der Waals surface area contributed by atoms with Crippen LogP contribution in [0, 0.1) is 0 Å². The Kier molecular flexibility index (Phi) is 4.29. The molecule has 1 aliphatic heterocycles. The van der Waals surface area contributed by atoms with Gasteiger partial charge in [0.25, 0.3) is 5.91 Å². The standard InChI is InChI=1S/C18H16ClN3O3/c19-13-5-3-12(4-6-13)17-10-22-14(11-25-17)8-16(21-22)18(23)20-9-15-2-1-7-24-15/h1-8,17H,9-11H2,(H,20,23). The van der Waals surface area contributed by atoms with Crippen molar-refractivity contribution in [1.82, 2.24) is 15.1 Å². The number of fused-ring (bicyclic) bond motifs is 1. The summed E-state index contributed by atoms with van der Waals surface area (Å²) in [5, 5.41) is 7.90. The maximum absolute atomic E-state index is 12.3. The lowest BCUT2D eigenvalue weighted by Crippen LogP contribution is -2.24. The van der Waals surface area contributed by atoms with Gasteiger partial charge in [-0.15, -0.1) is 0 Å². The Morgan fingerprint density at radius 3 is 2.92 bits per heavy atom. The maximum Gasteiger partial charge on any atom is 0.272 e. The van der Waals surface area contributed by atoms with Crippen molar-refractivity contribution in [1.29, 1.82) is 0 Å². The number of hydrogen-bond acceptors (Lipinski definition) is 4. The topological polar surface area (TPSA) is 69.3 Å². The van der Waals surface area contributed by atoms with Gasteiger partial charge in [-0.2, -0.15) is 5.10 Å². The highest BCUT2D eigenvalue weighted by Crippen LogP contribution is 2.27. The molecule has 3 heterocycles. The summed E-state index contributed by atoms with van der Waals surface area (Å²) in [7, 11) is 0. The molecule has 0 aliphatic carbocycles. The second kappa shape index (κ2) is 6.74. The Bertz CT molecular complexity index is 872. The fraction of sp³-hybridized carbons (Fsp3) is 0.222. The van der Waals surface area contributed by atoms with Crippen molar-refractivity contribution in [3.63, 3.8) is 0 Å². The number of carbonyl (C=O) groups is 1. The van der Waals surface area contributed by atoms with Crippen LogP contribution in [0.4, 0.5) is 0 Å². The predicted molar refractivity (Wildman–Crippen MR) is 91.1 cm³/mol. The van der Waals surface area contributed by atoms with Crippen LogP contribution in [-0.4, -0.2) is 15.7 Å². The van der Waals surface area contributed by atoms with Crippen molar-refractivity contribution in [2.24, 2.45) is 0 Å². The molecule has 1 aromatic carbocycles. The molecule has 1 N–H and O–H groups in total. The van der Waals surface area contributed by atoms with E-state index in [-0.39, 0.29) is 12.0 Å². The van der Waals surface area contributed by atoms with E-state index in [1.807, 2.05) is 35.0 Å². The molecule has 2 aromatic heterocycles. The highest BCUT2D eigenvalue weighted by Gasteiger charge is 2.24. The van der Waals surface area contributed by atoms with E-state index in [1.54, 1.807) is 18.4 Å². The van der Waals surface area contributed by atoms with E-state index in [1.165, 1.54) is 0 Å². The molecular weight excluding hydrogens is 342 g/mol. The second-order valence-electron chi connectivity index (χ2n) is 5.82. The van der Waals surface area contributed by atoms with E-state index in [0.29, 0.717) is 36.2 Å². The van der Waals surface area contributed by atoms with Crippen LogP contribution in [0.5, 0.6) is 0 Å². The van der Waals surface area contributed by atoms with Crippen LogP contribution in [0.25, 0.3) is 0 Å². The summed E-state index contributed by atoms with van der Waals surface area (Å²) >= 11 is 5.93. The summed E-state index contributed by atoms with van der Waals surface area (Å²) in [4.78, 5) is 12.3. The third kappa shape index (κ3) is 3.45. The van der Waals surface area contributed by atoms with Gasteiger partial charge in [-0.25, -0.2) is 0 Å². The molecule has 1 aliphatic rings. The number of halogens is 1. The largest absolute Gasteiger partial charge is 0.467 e. The Morgan fingerprint density at radius 2 is 2.16 bits per heavy atom. The molecule has 128 valence electrons. The first-order valence-corrected chi connectivity index (χ1v) is 8.31. The maximum atomic E-state index is 12.3. The minimum atomic E-state index is -0.235. The van der Waals surface area contributed by atoms with Crippen molar-refractivity contribution < 1.29 is 13.9 Å². The van der Waals surface area contributed by atoms with Gasteiger partial charge in [-0.05, 0) is 35.9 Å². The summed E-state index contributed by atoms with van der Waals surface area (Å²) in [6, 6.07) is 12.9. The molecule has 4 rings (SSSR count). The molecule has 6 nitrogen and oxygen atoms in total. The smallest absolute Gasteiger partial charge is 0.272 e. The zero-order chi connectivity index (χ0) is 17.2. The number of ether oxygens (including phenoxy) is 1. The van der Waals surface area contributed by atoms with E-state index < -0.39 is 0 Å². The fourth-order valence-corrected chi connectivity index (χ4v) is 2.91. The summed E-state index contributed by atoms with van der Waals surface area (Å²) in [5.74, 6) is 0.463. The van der Waals surface area contributed by atoms with Crippen LogP contribution in [-0.2, 0) is 24.4 Å². The lowest BCUT2D eigenvalue weighted by molar-refractivity contribution is -0.00119. The molecule has 1 amide bonds. The van der Waals surface area contributed by atoms with Crippen molar-refractivity contribution in [2.45, 2.75) is 25.8 Å². The first-order chi connectivity index (χ1) is 12.2. The monoisotopic (exact) mass is 357 g/mol. The van der Waals surface area contributed by atoms with Crippen LogP contribution in [0.3, 0.4) is 0 Å². The van der Waals surface area contributed by atoms with Crippen molar-refractivity contribution >= 4 is 17.5 Å². The quantitative estimate of drug-likeness (QED) is 0.777. The first kappa shape index (κ1) is 15.9. The van der Waals surface area contributed by atoms with Gasteiger partial charge in [0.05, 0.1) is 31.7 Å². The number of hydrogen-bond donors (Lipinski definition) is 1. The number of nitrogens with one attached hydrogen (secondary N) is 1. The van der Waals surface area contributed by atoms with Crippen LogP contribution >= 0.6 is 11.6 Å². The average Bonchev–Trinajstić information content (AvgIpc) is 3.29. The van der Waals surface area contributed by atoms with Crippen LogP contribution in [0.1, 0.15) is 33.6 Å². The molecule has 7 heteroatoms. The summed E-state index contributed by atoms with van der Waals surface area (Å²) in [6.45, 7) is 1.30. The highest BCUT2D eigenvalue weighted by atomic mass is 35.5. The molecule has 0 saturated heterocycles. The molecule has 0 fully saturated rings. The number of rotatable bonds is 4. The minimum absolute atomic E-state index is 0.108. The molecule has 0 spiro atoms. The number of furan rings is 1. The number of aromatic nitrogens is 2. The number of benzene rings is 1. The van der Waals surface area contributed by atoms with E-state index in [2.05, 4.69) is 10.4 Å². The summed E-state index contributed by atoms with van der Waals surface area (Å²) in [5.41, 5.74) is 2.30. The summed E-state index contributed by atoms with van der Waals surface area (Å²) < 4.78 is 12.9. The van der Waals surface area contributed by atoms with E-state index in [9.17, 15) is 4.79 Å². The molecule has 1 unspecified atom stereocenters. The predicted octanol–water partition coefficient (Wildman–Crippen LogP) is 3.33. The first-order valence-electron chi connectivity index (χ1n) is 7.93. The highest BCUT2D eigenvalue weighted by molar-refractivity contribution is 6.30. The zero-order valence-corrected chi connectivity index (χ0v) is 14.1. The third-order valence-corrected chi connectivity index (χ3v) is 4.36. The van der Waals surface area contributed by atoms with E-state index in [0.717, 1.165) is 11.3 Å². The molecule has 1 atom stereocenters. The number of carbonyl (C=O) groups excluding carboxylic acids is 1. The van der Waals surface area contributed by atoms with Crippen LogP contribution in [0.2, 0.25) is 5.02 Å². The van der Waals surface area contributed by atoms with Crippen molar-refractivity contribution in [3.8, 4) is 0 Å². The van der Waals surface area contributed by atoms with Gasteiger partial charge in [-0.3, -0.25) is 9.48 Å². The van der Waals surface area contributed by atoms with Crippen molar-refractivity contribution in [2.75, 3.05) is 0 Å². The Balaban J connectivity index is 1.45. The van der Waals surface area contributed by atoms with Crippen molar-refractivity contribution in [3.05, 3.63) is 76.5 Å². The van der Waals surface area contributed by atoms with Gasteiger partial charge in [0.2, 0.25) is 0 Å². The van der Waals surface area contributed by atoms with Gasteiger partial charge in [0.1, 0.15) is 11.9 Å². The third-order valence-electron chi connectivity index (χ3n) is 4.11. The minimum Gasteiger partial charge on any atom is -0.467 e. The molecule has 0 saturated carbocycles. The Morgan fingerprint density at radius 1 is 1.32 bits per heavy atom. The summed E-state index contributed by atoms with van der Waals surface area (Å²) in [6.07, 6.45) is 1.47. The van der Waals surface area contributed by atoms with Gasteiger partial charge in [-0.1, -0.05) is 23.7 Å². The molecule has 0 radical (unpaired) electrons. The molecule has 3 aromatic rings. The normalized spacial score (nSPS) is 16.4. The van der Waals surface area contributed by atoms with Gasteiger partial charge >= 0.3 is 0 Å². The Labute approximate surface area is 149 Å². The SMILES string of the molecule is O=C(NCc1ccco1)c1cc2n(n1)CC(c1ccc(Cl)cc1)OC2. The lowest BCUT2D eigenvalue weighted by atomic mass is 10.1. The van der Waals surface area contributed by atoms with Crippen LogP contribution < -0.4 is 5.32 Å². The van der Waals surface area contributed by atoms with Crippen LogP contribution in [0.15, 0.2) is 53.1 Å². The molecule has 25 heavy (non-hydrogen) atoms. The fourth-order valence-electron chi connectivity index (χ4n) is 2.79. The van der Waals surface area contributed by atoms with Gasteiger partial charge < -0.3 is 14.5 Å². The lowest BCUT2D eigenvalue weighted by Gasteiger charge is -2.24. The van der Waals surface area contributed by atoms with Gasteiger partial charge in [0.15, 0.2) is 5.69 Å². The molecular formula is C18H16ClN3O3. The Hall–Kier alpha value is -2.57. The van der Waals surface area contributed by atoms with E-state index >= 15 is 0 Å². The van der Waals surface area contributed by atoms with E-state index in [4.69, 9.17) is 20.8 Å². The number of amides is 1. The number of nitrogens with zero attached hydrogens (tertiary/aromatic N) is 2. The average molecular weight is 358 g/mol. The van der Waals surface area contributed by atoms with Gasteiger partial charge in [0, 0.05) is 5.02 Å². The zero-order valence-electron chi connectivity index (χ0n) is 13.3. The molecule has 0 bridgehead atoms. The second-order valence-corrected chi connectivity index (χ2v) is 6.25.